The fourth-order valence-electron chi connectivity index (χ4n) is 1.15. The van der Waals surface area contributed by atoms with Crippen LogP contribution in [-0.4, -0.2) is 24.7 Å². The number of halogens is 2. The molecule has 4 nitrogen and oxygen atoms in total. The van der Waals surface area contributed by atoms with Crippen LogP contribution in [0.3, 0.4) is 0 Å². The molecular formula is C12H15F2NO3. The van der Waals surface area contributed by atoms with Gasteiger partial charge in [-0.25, -0.2) is 13.6 Å². The summed E-state index contributed by atoms with van der Waals surface area (Å²) in [7, 11) is 0. The van der Waals surface area contributed by atoms with E-state index in [0.717, 1.165) is 12.1 Å². The van der Waals surface area contributed by atoms with Gasteiger partial charge in [-0.3, -0.25) is 0 Å². The zero-order chi connectivity index (χ0) is 13.8. The molecule has 1 aromatic carbocycles. The van der Waals surface area contributed by atoms with E-state index in [4.69, 9.17) is 15.2 Å². The average molecular weight is 259 g/mol. The van der Waals surface area contributed by atoms with E-state index in [2.05, 4.69) is 0 Å². The summed E-state index contributed by atoms with van der Waals surface area (Å²) in [6.07, 6.45) is 0. The van der Waals surface area contributed by atoms with E-state index < -0.39 is 23.1 Å². The maximum absolute atomic E-state index is 12.9. The number of hydrogen-bond acceptors (Lipinski definition) is 4. The summed E-state index contributed by atoms with van der Waals surface area (Å²) in [5, 5.41) is 0. The average Bonchev–Trinajstić information content (AvgIpc) is 2.31. The molecule has 0 heterocycles. The van der Waals surface area contributed by atoms with Gasteiger partial charge in [0.25, 0.3) is 0 Å². The molecule has 0 amide bonds. The highest BCUT2D eigenvalue weighted by Gasteiger charge is 2.31. The van der Waals surface area contributed by atoms with Crippen molar-refractivity contribution in [3.63, 3.8) is 0 Å². The van der Waals surface area contributed by atoms with Gasteiger partial charge >= 0.3 is 5.97 Å². The quantitative estimate of drug-likeness (QED) is 0.816. The number of esters is 1. The van der Waals surface area contributed by atoms with Crippen LogP contribution in [0.2, 0.25) is 0 Å². The topological polar surface area (TPSA) is 61.5 Å². The van der Waals surface area contributed by atoms with E-state index in [1.165, 1.54) is 13.0 Å². The molecule has 1 atom stereocenters. The molecule has 0 radical (unpaired) electrons. The molecule has 0 saturated heterocycles. The lowest BCUT2D eigenvalue weighted by Crippen LogP contribution is -2.51. The van der Waals surface area contributed by atoms with Crippen LogP contribution in [-0.2, 0) is 9.53 Å². The highest BCUT2D eigenvalue weighted by atomic mass is 19.2. The number of hydrogen-bond donors (Lipinski definition) is 1. The van der Waals surface area contributed by atoms with Crippen molar-refractivity contribution in [2.45, 2.75) is 19.4 Å². The van der Waals surface area contributed by atoms with Gasteiger partial charge in [-0.1, -0.05) is 0 Å². The molecule has 100 valence electrons. The molecule has 1 aromatic rings. The van der Waals surface area contributed by atoms with Crippen molar-refractivity contribution >= 4 is 5.97 Å². The summed E-state index contributed by atoms with van der Waals surface area (Å²) >= 11 is 0. The fourth-order valence-corrected chi connectivity index (χ4v) is 1.15. The van der Waals surface area contributed by atoms with E-state index >= 15 is 0 Å². The SMILES string of the molecule is CCOC(=O)C(C)(N)COc1ccc(F)c(F)c1. The number of benzene rings is 1. The first-order valence-electron chi connectivity index (χ1n) is 5.41. The monoisotopic (exact) mass is 259 g/mol. The summed E-state index contributed by atoms with van der Waals surface area (Å²) in [4.78, 5) is 11.4. The smallest absolute Gasteiger partial charge is 0.329 e. The van der Waals surface area contributed by atoms with Gasteiger partial charge in [0, 0.05) is 6.07 Å². The number of carbonyl (C=O) groups is 1. The summed E-state index contributed by atoms with van der Waals surface area (Å²) < 4.78 is 35.5. The van der Waals surface area contributed by atoms with E-state index in [1.807, 2.05) is 0 Å². The number of nitrogens with two attached hydrogens (primary N) is 1. The minimum atomic E-state index is -1.35. The van der Waals surface area contributed by atoms with Crippen LogP contribution in [0.5, 0.6) is 5.75 Å². The van der Waals surface area contributed by atoms with Crippen molar-refractivity contribution in [2.75, 3.05) is 13.2 Å². The Kier molecular flexibility index (Phi) is 4.61. The third kappa shape index (κ3) is 3.66. The molecular weight excluding hydrogens is 244 g/mol. The lowest BCUT2D eigenvalue weighted by molar-refractivity contribution is -0.150. The van der Waals surface area contributed by atoms with Crippen LogP contribution in [0.15, 0.2) is 18.2 Å². The first-order valence-corrected chi connectivity index (χ1v) is 5.41. The van der Waals surface area contributed by atoms with Crippen molar-refractivity contribution in [2.24, 2.45) is 5.73 Å². The van der Waals surface area contributed by atoms with Gasteiger partial charge in [0.2, 0.25) is 0 Å². The van der Waals surface area contributed by atoms with Crippen LogP contribution < -0.4 is 10.5 Å². The Bertz CT molecular complexity index is 435. The van der Waals surface area contributed by atoms with Gasteiger partial charge < -0.3 is 15.2 Å². The Morgan fingerprint density at radius 3 is 2.61 bits per heavy atom. The molecule has 0 spiro atoms. The van der Waals surface area contributed by atoms with E-state index in [9.17, 15) is 13.6 Å². The van der Waals surface area contributed by atoms with Crippen LogP contribution in [0.1, 0.15) is 13.8 Å². The van der Waals surface area contributed by atoms with Gasteiger partial charge in [-0.15, -0.1) is 0 Å². The van der Waals surface area contributed by atoms with Crippen LogP contribution in [0, 0.1) is 11.6 Å². The Hall–Kier alpha value is -1.69. The number of carbonyl (C=O) groups excluding carboxylic acids is 1. The summed E-state index contributed by atoms with van der Waals surface area (Å²) in [5.41, 5.74) is 4.35. The van der Waals surface area contributed by atoms with Crippen LogP contribution >= 0.6 is 0 Å². The van der Waals surface area contributed by atoms with Crippen molar-refractivity contribution in [3.05, 3.63) is 29.8 Å². The van der Waals surface area contributed by atoms with E-state index in [-0.39, 0.29) is 19.0 Å². The maximum atomic E-state index is 12.9. The normalized spacial score (nSPS) is 13.8. The number of rotatable bonds is 5. The van der Waals surface area contributed by atoms with Gasteiger partial charge in [-0.2, -0.15) is 0 Å². The second-order valence-electron chi connectivity index (χ2n) is 4.00. The van der Waals surface area contributed by atoms with Crippen molar-refractivity contribution in [1.29, 1.82) is 0 Å². The third-order valence-corrected chi connectivity index (χ3v) is 2.17. The predicted molar refractivity (Wildman–Crippen MR) is 61.1 cm³/mol. The number of ether oxygens (including phenoxy) is 2. The second-order valence-corrected chi connectivity index (χ2v) is 4.00. The predicted octanol–water partition coefficient (Wildman–Crippen LogP) is 1.62. The summed E-state index contributed by atoms with van der Waals surface area (Å²) in [6.45, 7) is 3.10. The van der Waals surface area contributed by atoms with E-state index in [1.54, 1.807) is 6.92 Å². The highest BCUT2D eigenvalue weighted by molar-refractivity contribution is 5.80. The molecule has 2 N–H and O–H groups in total. The molecule has 1 rings (SSSR count). The molecule has 0 bridgehead atoms. The van der Waals surface area contributed by atoms with Crippen molar-refractivity contribution in [3.8, 4) is 5.75 Å². The van der Waals surface area contributed by atoms with Crippen molar-refractivity contribution < 1.29 is 23.0 Å². The molecule has 0 fully saturated rings. The van der Waals surface area contributed by atoms with Gasteiger partial charge in [0.15, 0.2) is 11.6 Å². The van der Waals surface area contributed by atoms with Gasteiger partial charge in [-0.05, 0) is 26.0 Å². The third-order valence-electron chi connectivity index (χ3n) is 2.17. The maximum Gasteiger partial charge on any atom is 0.329 e. The molecule has 0 aromatic heterocycles. The molecule has 0 saturated carbocycles. The van der Waals surface area contributed by atoms with Crippen LogP contribution in [0.4, 0.5) is 8.78 Å². The first-order chi connectivity index (χ1) is 8.36. The Morgan fingerprint density at radius 1 is 1.39 bits per heavy atom. The zero-order valence-electron chi connectivity index (χ0n) is 10.2. The van der Waals surface area contributed by atoms with Crippen LogP contribution in [0.25, 0.3) is 0 Å². The lowest BCUT2D eigenvalue weighted by Gasteiger charge is -2.22. The molecule has 6 heteroatoms. The first kappa shape index (κ1) is 14.4. The minimum Gasteiger partial charge on any atom is -0.491 e. The van der Waals surface area contributed by atoms with Gasteiger partial charge in [0.05, 0.1) is 6.61 Å². The molecule has 18 heavy (non-hydrogen) atoms. The molecule has 0 aliphatic carbocycles. The van der Waals surface area contributed by atoms with Gasteiger partial charge in [0.1, 0.15) is 17.9 Å². The van der Waals surface area contributed by atoms with Crippen molar-refractivity contribution in [1.82, 2.24) is 0 Å². The fraction of sp³-hybridized carbons (Fsp3) is 0.417. The summed E-state index contributed by atoms with van der Waals surface area (Å²) in [6, 6.07) is 3.07. The summed E-state index contributed by atoms with van der Waals surface area (Å²) in [5.74, 6) is -2.52. The Morgan fingerprint density at radius 2 is 2.06 bits per heavy atom. The highest BCUT2D eigenvalue weighted by Crippen LogP contribution is 2.16. The Balaban J connectivity index is 2.63. The standard InChI is InChI=1S/C12H15F2NO3/c1-3-17-11(16)12(2,15)7-18-8-4-5-9(13)10(14)6-8/h4-6H,3,7,15H2,1-2H3. The zero-order valence-corrected chi connectivity index (χ0v) is 10.2. The minimum absolute atomic E-state index is 0.0925. The Labute approximate surface area is 104 Å². The second kappa shape index (κ2) is 5.77. The lowest BCUT2D eigenvalue weighted by atomic mass is 10.1. The molecule has 0 aliphatic heterocycles. The van der Waals surface area contributed by atoms with E-state index in [0.29, 0.717) is 0 Å². The molecule has 0 aliphatic rings. The molecule has 1 unspecified atom stereocenters. The largest absolute Gasteiger partial charge is 0.491 e.